The number of hydrogen-bond acceptors (Lipinski definition) is 4. The molecule has 2 aromatic carbocycles. The van der Waals surface area contributed by atoms with Crippen molar-refractivity contribution in [2.24, 2.45) is 17.6 Å². The molecule has 2 fully saturated rings. The highest BCUT2D eigenvalue weighted by molar-refractivity contribution is 6.30. The van der Waals surface area contributed by atoms with Gasteiger partial charge in [-0.15, -0.1) is 0 Å². The third-order valence-corrected chi connectivity index (χ3v) is 6.46. The molecular formula is C23H28ClN3O2. The SMILES string of the molecule is COc1cc(Cl)ccc1C(=O)N1CC2CN(CC[C@H](N)c3ccccc3)CC2C1. The van der Waals surface area contributed by atoms with Crippen LogP contribution in [0.25, 0.3) is 0 Å². The average molecular weight is 414 g/mol. The normalized spacial score (nSPS) is 22.5. The van der Waals surface area contributed by atoms with Gasteiger partial charge in [-0.1, -0.05) is 41.9 Å². The summed E-state index contributed by atoms with van der Waals surface area (Å²) in [6.07, 6.45) is 0.952. The van der Waals surface area contributed by atoms with Gasteiger partial charge in [-0.25, -0.2) is 0 Å². The summed E-state index contributed by atoms with van der Waals surface area (Å²) in [5.74, 6) is 1.64. The molecule has 2 aromatic rings. The van der Waals surface area contributed by atoms with E-state index in [1.165, 1.54) is 5.56 Å². The molecule has 2 N–H and O–H groups in total. The van der Waals surface area contributed by atoms with Crippen LogP contribution in [-0.2, 0) is 0 Å². The highest BCUT2D eigenvalue weighted by Crippen LogP contribution is 2.34. The molecule has 0 spiro atoms. The molecule has 154 valence electrons. The number of nitrogens with two attached hydrogens (primary N) is 1. The summed E-state index contributed by atoms with van der Waals surface area (Å²) in [6, 6.07) is 15.6. The summed E-state index contributed by atoms with van der Waals surface area (Å²) in [5, 5.41) is 0.570. The summed E-state index contributed by atoms with van der Waals surface area (Å²) >= 11 is 6.03. The van der Waals surface area contributed by atoms with Crippen LogP contribution in [0.2, 0.25) is 5.02 Å². The van der Waals surface area contributed by atoms with Crippen LogP contribution >= 0.6 is 11.6 Å². The smallest absolute Gasteiger partial charge is 0.257 e. The number of fused-ring (bicyclic) bond motifs is 1. The maximum absolute atomic E-state index is 13.0. The van der Waals surface area contributed by atoms with Crippen molar-refractivity contribution in [2.75, 3.05) is 39.8 Å². The van der Waals surface area contributed by atoms with E-state index in [0.29, 0.717) is 28.2 Å². The Labute approximate surface area is 177 Å². The van der Waals surface area contributed by atoms with E-state index in [4.69, 9.17) is 22.1 Å². The van der Waals surface area contributed by atoms with E-state index in [1.807, 2.05) is 23.1 Å². The number of rotatable bonds is 6. The number of methoxy groups -OCH3 is 1. The highest BCUT2D eigenvalue weighted by Gasteiger charge is 2.41. The minimum Gasteiger partial charge on any atom is -0.496 e. The van der Waals surface area contributed by atoms with Crippen molar-refractivity contribution in [1.29, 1.82) is 0 Å². The fourth-order valence-corrected chi connectivity index (χ4v) is 4.80. The van der Waals surface area contributed by atoms with Crippen LogP contribution in [-0.4, -0.2) is 55.5 Å². The standard InChI is InChI=1S/C23H28ClN3O2/c1-29-22-11-19(24)7-8-20(22)23(28)27-14-17-12-26(13-18(17)15-27)10-9-21(25)16-5-3-2-4-6-16/h2-8,11,17-18,21H,9-10,12-15,25H2,1H3/t17?,18?,21-/m0/s1. The van der Waals surface area contributed by atoms with Crippen molar-refractivity contribution in [1.82, 2.24) is 9.80 Å². The van der Waals surface area contributed by atoms with Crippen molar-refractivity contribution < 1.29 is 9.53 Å². The molecule has 1 amide bonds. The first-order valence-electron chi connectivity index (χ1n) is 10.2. The lowest BCUT2D eigenvalue weighted by molar-refractivity contribution is 0.0770. The van der Waals surface area contributed by atoms with Gasteiger partial charge in [-0.05, 0) is 48.6 Å². The van der Waals surface area contributed by atoms with E-state index >= 15 is 0 Å². The largest absolute Gasteiger partial charge is 0.496 e. The zero-order valence-corrected chi connectivity index (χ0v) is 17.5. The van der Waals surface area contributed by atoms with E-state index in [9.17, 15) is 4.79 Å². The van der Waals surface area contributed by atoms with Gasteiger partial charge in [-0.2, -0.15) is 0 Å². The van der Waals surface area contributed by atoms with Crippen LogP contribution < -0.4 is 10.5 Å². The highest BCUT2D eigenvalue weighted by atomic mass is 35.5. The molecule has 4 rings (SSSR count). The number of hydrogen-bond donors (Lipinski definition) is 1. The van der Waals surface area contributed by atoms with Crippen molar-refractivity contribution in [2.45, 2.75) is 12.5 Å². The van der Waals surface area contributed by atoms with Crippen LogP contribution in [0, 0.1) is 11.8 Å². The second-order valence-corrected chi connectivity index (χ2v) is 8.58. The van der Waals surface area contributed by atoms with Crippen LogP contribution in [0.4, 0.5) is 0 Å². The molecule has 0 radical (unpaired) electrons. The first-order valence-corrected chi connectivity index (χ1v) is 10.6. The molecule has 0 bridgehead atoms. The number of halogens is 1. The molecule has 3 atom stereocenters. The van der Waals surface area contributed by atoms with Crippen LogP contribution in [0.5, 0.6) is 5.75 Å². The minimum absolute atomic E-state index is 0.0329. The van der Waals surface area contributed by atoms with Gasteiger partial charge in [0.25, 0.3) is 5.91 Å². The number of nitrogens with zero attached hydrogens (tertiary/aromatic N) is 2. The fraction of sp³-hybridized carbons (Fsp3) is 0.435. The quantitative estimate of drug-likeness (QED) is 0.788. The zero-order chi connectivity index (χ0) is 20.4. The lowest BCUT2D eigenvalue weighted by Gasteiger charge is -2.23. The van der Waals surface area contributed by atoms with E-state index in [-0.39, 0.29) is 11.9 Å². The summed E-state index contributed by atoms with van der Waals surface area (Å²) in [5.41, 5.74) is 8.13. The molecule has 2 aliphatic heterocycles. The lowest BCUT2D eigenvalue weighted by Crippen LogP contribution is -2.34. The maximum atomic E-state index is 13.0. The van der Waals surface area contributed by atoms with Crippen molar-refractivity contribution >= 4 is 17.5 Å². The van der Waals surface area contributed by atoms with Crippen molar-refractivity contribution in [3.63, 3.8) is 0 Å². The van der Waals surface area contributed by atoms with Crippen molar-refractivity contribution in [3.05, 3.63) is 64.7 Å². The van der Waals surface area contributed by atoms with Crippen LogP contribution in [0.1, 0.15) is 28.4 Å². The maximum Gasteiger partial charge on any atom is 0.257 e. The van der Waals surface area contributed by atoms with Gasteiger partial charge in [0, 0.05) is 37.2 Å². The average Bonchev–Trinajstić information content (AvgIpc) is 3.31. The van der Waals surface area contributed by atoms with Gasteiger partial charge in [0.15, 0.2) is 0 Å². The molecule has 0 aromatic heterocycles. The predicted octanol–water partition coefficient (Wildman–Crippen LogP) is 3.44. The topological polar surface area (TPSA) is 58.8 Å². The molecule has 0 saturated carbocycles. The molecule has 2 unspecified atom stereocenters. The first kappa shape index (κ1) is 20.2. The Morgan fingerprint density at radius 3 is 2.48 bits per heavy atom. The number of amides is 1. The third kappa shape index (κ3) is 4.42. The van der Waals surface area contributed by atoms with E-state index in [1.54, 1.807) is 25.3 Å². The summed E-state index contributed by atoms with van der Waals surface area (Å²) in [4.78, 5) is 17.5. The molecule has 6 heteroatoms. The first-order chi connectivity index (χ1) is 14.0. The number of carbonyl (C=O) groups is 1. The Bertz CT molecular complexity index is 846. The molecule has 2 aliphatic rings. The molecule has 2 heterocycles. The summed E-state index contributed by atoms with van der Waals surface area (Å²) in [6.45, 7) is 4.68. The Hall–Kier alpha value is -2.08. The third-order valence-electron chi connectivity index (χ3n) is 6.23. The van der Waals surface area contributed by atoms with E-state index in [0.717, 1.165) is 39.1 Å². The Kier molecular flexibility index (Phi) is 6.09. The predicted molar refractivity (Wildman–Crippen MR) is 115 cm³/mol. The zero-order valence-electron chi connectivity index (χ0n) is 16.8. The van der Waals surface area contributed by atoms with E-state index in [2.05, 4.69) is 17.0 Å². The van der Waals surface area contributed by atoms with Gasteiger partial charge < -0.3 is 20.3 Å². The summed E-state index contributed by atoms with van der Waals surface area (Å²) < 4.78 is 5.36. The number of carbonyl (C=O) groups excluding carboxylic acids is 1. The Morgan fingerprint density at radius 2 is 1.83 bits per heavy atom. The van der Waals surface area contributed by atoms with Gasteiger partial charge in [0.2, 0.25) is 0 Å². The van der Waals surface area contributed by atoms with Gasteiger partial charge in [0.05, 0.1) is 12.7 Å². The van der Waals surface area contributed by atoms with Crippen molar-refractivity contribution in [3.8, 4) is 5.75 Å². The number of ether oxygens (including phenoxy) is 1. The Balaban J connectivity index is 1.30. The number of likely N-dealkylation sites (tertiary alicyclic amines) is 2. The monoisotopic (exact) mass is 413 g/mol. The lowest BCUT2D eigenvalue weighted by atomic mass is 10.0. The molecule has 5 nitrogen and oxygen atoms in total. The summed E-state index contributed by atoms with van der Waals surface area (Å²) in [7, 11) is 1.57. The van der Waals surface area contributed by atoms with Crippen LogP contribution in [0.3, 0.4) is 0 Å². The molecular weight excluding hydrogens is 386 g/mol. The Morgan fingerprint density at radius 1 is 1.14 bits per heavy atom. The van der Waals surface area contributed by atoms with Gasteiger partial charge in [0.1, 0.15) is 5.75 Å². The second-order valence-electron chi connectivity index (χ2n) is 8.14. The molecule has 0 aliphatic carbocycles. The van der Waals surface area contributed by atoms with Gasteiger partial charge in [-0.3, -0.25) is 4.79 Å². The van der Waals surface area contributed by atoms with Gasteiger partial charge >= 0.3 is 0 Å². The molecule has 29 heavy (non-hydrogen) atoms. The minimum atomic E-state index is 0.0329. The van der Waals surface area contributed by atoms with Crippen LogP contribution in [0.15, 0.2) is 48.5 Å². The number of benzene rings is 2. The second kappa shape index (κ2) is 8.74. The fourth-order valence-electron chi connectivity index (χ4n) is 4.64. The van der Waals surface area contributed by atoms with E-state index < -0.39 is 0 Å². The molecule has 2 saturated heterocycles.